The smallest absolute Gasteiger partial charge is 0.162 e. The van der Waals surface area contributed by atoms with E-state index in [0.29, 0.717) is 0 Å². The van der Waals surface area contributed by atoms with E-state index in [1.54, 1.807) is 0 Å². The summed E-state index contributed by atoms with van der Waals surface area (Å²) in [5.74, 6) is 2.07. The fourth-order valence-corrected chi connectivity index (χ4v) is 5.02. The summed E-state index contributed by atoms with van der Waals surface area (Å²) in [6, 6.07) is 0. The molecule has 0 unspecified atom stereocenters. The molecule has 0 aliphatic heterocycles. The van der Waals surface area contributed by atoms with Crippen LogP contribution in [0.3, 0.4) is 0 Å². The minimum atomic E-state index is -1.68. The topological polar surface area (TPSA) is 40.5 Å². The van der Waals surface area contributed by atoms with E-state index in [-0.39, 0.29) is 10.1 Å². The summed E-state index contributed by atoms with van der Waals surface area (Å²) in [5.41, 5.74) is 0. The summed E-state index contributed by atoms with van der Waals surface area (Å²) in [5, 5.41) is 0. The molecule has 2 N–H and O–H groups in total. The Balaban J connectivity index is 3.69. The summed E-state index contributed by atoms with van der Waals surface area (Å²) < 4.78 is 0. The van der Waals surface area contributed by atoms with Gasteiger partial charge in [-0.1, -0.05) is 52.4 Å². The molecular formula is C12H28O2PS+. The summed E-state index contributed by atoms with van der Waals surface area (Å²) >= 11 is 0. The van der Waals surface area contributed by atoms with Crippen molar-refractivity contribution in [3.8, 4) is 0 Å². The largest absolute Gasteiger partial charge is 0.458 e. The lowest BCUT2D eigenvalue weighted by molar-refractivity contribution is 0.508. The van der Waals surface area contributed by atoms with E-state index in [1.807, 2.05) is 0 Å². The molecule has 0 amide bonds. The Kier molecular flexibility index (Phi) is 12.5. The predicted molar refractivity (Wildman–Crippen MR) is 76.7 cm³/mol. The molecule has 0 aliphatic rings. The second-order valence-electron chi connectivity index (χ2n) is 4.24. The highest BCUT2D eigenvalue weighted by Gasteiger charge is 2.12. The highest BCUT2D eigenvalue weighted by atomic mass is 32.5. The Hall–Kier alpha value is 0.570. The first-order valence-electron chi connectivity index (χ1n) is 6.57. The zero-order valence-electron chi connectivity index (χ0n) is 10.8. The molecule has 0 rings (SSSR count). The Morgan fingerprint density at radius 1 is 0.750 bits per heavy atom. The molecule has 2 nitrogen and oxygen atoms in total. The van der Waals surface area contributed by atoms with Gasteiger partial charge in [0.2, 0.25) is 0 Å². The molecule has 0 heterocycles. The SMILES string of the molecule is CCCCCCS(CCCCCC)=[P+](O)O. The average molecular weight is 267 g/mol. The maximum atomic E-state index is 9.36. The molecule has 0 saturated carbocycles. The monoisotopic (exact) mass is 267 g/mol. The molecule has 0 bridgehead atoms. The van der Waals surface area contributed by atoms with E-state index in [2.05, 4.69) is 13.8 Å². The van der Waals surface area contributed by atoms with Gasteiger partial charge in [0.25, 0.3) is 0 Å². The van der Waals surface area contributed by atoms with Gasteiger partial charge in [-0.05, 0) is 12.8 Å². The van der Waals surface area contributed by atoms with E-state index < -0.39 is 7.15 Å². The fourth-order valence-electron chi connectivity index (χ4n) is 1.66. The van der Waals surface area contributed by atoms with Gasteiger partial charge in [-0.15, -0.1) is 0 Å². The van der Waals surface area contributed by atoms with Crippen molar-refractivity contribution in [2.45, 2.75) is 65.2 Å². The Morgan fingerprint density at radius 3 is 1.50 bits per heavy atom. The molecule has 16 heavy (non-hydrogen) atoms. The normalized spacial score (nSPS) is 11.1. The van der Waals surface area contributed by atoms with Crippen LogP contribution in [0, 0.1) is 0 Å². The number of hydrogen-bond donors (Lipinski definition) is 2. The summed E-state index contributed by atoms with van der Waals surface area (Å²) in [6.45, 7) is 4.41. The second-order valence-corrected chi connectivity index (χ2v) is 9.02. The zero-order valence-corrected chi connectivity index (χ0v) is 12.5. The van der Waals surface area contributed by atoms with Gasteiger partial charge in [-0.3, -0.25) is 0 Å². The Bertz CT molecular complexity index is 177. The molecule has 0 aromatic heterocycles. The Morgan fingerprint density at radius 2 is 1.19 bits per heavy atom. The van der Waals surface area contributed by atoms with Crippen LogP contribution < -0.4 is 0 Å². The molecule has 0 aromatic carbocycles. The molecule has 0 atom stereocenters. The van der Waals surface area contributed by atoms with Crippen molar-refractivity contribution < 1.29 is 9.79 Å². The van der Waals surface area contributed by atoms with Crippen molar-refractivity contribution in [1.82, 2.24) is 0 Å². The van der Waals surface area contributed by atoms with E-state index >= 15 is 0 Å². The van der Waals surface area contributed by atoms with Gasteiger partial charge in [0, 0.05) is 21.6 Å². The van der Waals surface area contributed by atoms with Gasteiger partial charge >= 0.3 is 7.15 Å². The minimum Gasteiger partial charge on any atom is -0.162 e. The van der Waals surface area contributed by atoms with Crippen LogP contribution in [0.5, 0.6) is 0 Å². The first-order valence-corrected chi connectivity index (χ1v) is 9.99. The average Bonchev–Trinajstić information content (AvgIpc) is 2.26. The number of rotatable bonds is 10. The molecule has 0 spiro atoms. The lowest BCUT2D eigenvalue weighted by Crippen LogP contribution is -2.02. The third kappa shape index (κ3) is 9.77. The van der Waals surface area contributed by atoms with E-state index in [4.69, 9.17) is 0 Å². The molecule has 0 aliphatic carbocycles. The highest BCUT2D eigenvalue weighted by Crippen LogP contribution is 2.20. The van der Waals surface area contributed by atoms with Crippen LogP contribution in [0.4, 0.5) is 0 Å². The summed E-state index contributed by atoms with van der Waals surface area (Å²) in [6.07, 6.45) is 9.89. The molecule has 0 saturated heterocycles. The van der Waals surface area contributed by atoms with Crippen molar-refractivity contribution in [2.75, 3.05) is 11.5 Å². The van der Waals surface area contributed by atoms with E-state index in [0.717, 1.165) is 11.5 Å². The van der Waals surface area contributed by atoms with Crippen LogP contribution in [0.1, 0.15) is 65.2 Å². The summed E-state index contributed by atoms with van der Waals surface area (Å²) in [7, 11) is -1.79. The van der Waals surface area contributed by atoms with Crippen LogP contribution in [0.2, 0.25) is 0 Å². The van der Waals surface area contributed by atoms with Gasteiger partial charge in [0.1, 0.15) is 0 Å². The van der Waals surface area contributed by atoms with Gasteiger partial charge in [0.15, 0.2) is 0 Å². The maximum absolute atomic E-state index is 9.36. The fraction of sp³-hybridized carbons (Fsp3) is 1.00. The Labute approximate surface area is 104 Å². The third-order valence-corrected chi connectivity index (χ3v) is 7.16. The molecular weight excluding hydrogens is 239 g/mol. The quantitative estimate of drug-likeness (QED) is 0.464. The van der Waals surface area contributed by atoms with Crippen LogP contribution >= 0.6 is 7.15 Å². The maximum Gasteiger partial charge on any atom is 0.458 e. The second kappa shape index (κ2) is 12.0. The van der Waals surface area contributed by atoms with E-state index in [9.17, 15) is 9.79 Å². The van der Waals surface area contributed by atoms with Crippen molar-refractivity contribution in [1.29, 1.82) is 0 Å². The molecule has 4 heteroatoms. The lowest BCUT2D eigenvalue weighted by atomic mass is 10.2. The van der Waals surface area contributed by atoms with Crippen LogP contribution in [0.15, 0.2) is 0 Å². The first-order chi connectivity index (χ1) is 7.72. The standard InChI is InChI=1S/C12H28O2PS/c1-3-5-7-9-11-16(15(13)14)12-10-8-6-4-2/h13-14H,3-12H2,1-2H3/q+1. The van der Waals surface area contributed by atoms with Crippen molar-refractivity contribution >= 4 is 17.2 Å². The third-order valence-electron chi connectivity index (χ3n) is 2.70. The van der Waals surface area contributed by atoms with Gasteiger partial charge in [-0.25, -0.2) is 0 Å². The zero-order chi connectivity index (χ0) is 12.2. The van der Waals surface area contributed by atoms with Crippen LogP contribution in [-0.2, 0) is 10.1 Å². The number of hydrogen-bond acceptors (Lipinski definition) is 0. The summed E-state index contributed by atoms with van der Waals surface area (Å²) in [4.78, 5) is 18.7. The van der Waals surface area contributed by atoms with Crippen LogP contribution in [0.25, 0.3) is 0 Å². The van der Waals surface area contributed by atoms with Crippen LogP contribution in [-0.4, -0.2) is 21.3 Å². The molecule has 0 aromatic rings. The lowest BCUT2D eigenvalue weighted by Gasteiger charge is -2.02. The molecule has 0 fully saturated rings. The van der Waals surface area contributed by atoms with Crippen molar-refractivity contribution in [3.63, 3.8) is 0 Å². The molecule has 0 radical (unpaired) electrons. The van der Waals surface area contributed by atoms with Crippen molar-refractivity contribution in [3.05, 3.63) is 0 Å². The van der Waals surface area contributed by atoms with Crippen molar-refractivity contribution in [2.24, 2.45) is 0 Å². The highest BCUT2D eigenvalue weighted by molar-refractivity contribution is 8.23. The van der Waals surface area contributed by atoms with Gasteiger partial charge in [-0.2, -0.15) is 9.79 Å². The first kappa shape index (κ1) is 16.6. The number of unbranched alkanes of at least 4 members (excludes halogenated alkanes) is 6. The minimum absolute atomic E-state index is 0.107. The van der Waals surface area contributed by atoms with Gasteiger partial charge in [0.05, 0.1) is 0 Å². The predicted octanol–water partition coefficient (Wildman–Crippen LogP) is 3.98. The van der Waals surface area contributed by atoms with E-state index in [1.165, 1.54) is 51.4 Å². The molecule has 98 valence electrons. The van der Waals surface area contributed by atoms with Gasteiger partial charge < -0.3 is 0 Å².